The van der Waals surface area contributed by atoms with Gasteiger partial charge in [-0.1, -0.05) is 0 Å². The van der Waals surface area contributed by atoms with Crippen molar-refractivity contribution in [3.63, 3.8) is 0 Å². The maximum Gasteiger partial charge on any atom is 0.224 e. The topological polar surface area (TPSA) is 84.9 Å². The second kappa shape index (κ2) is 8.00. The highest BCUT2D eigenvalue weighted by Gasteiger charge is 2.17. The third-order valence-electron chi connectivity index (χ3n) is 3.10. The van der Waals surface area contributed by atoms with E-state index in [1.807, 2.05) is 0 Å². The molecule has 0 aromatic heterocycles. The van der Waals surface area contributed by atoms with Crippen LogP contribution in [0.15, 0.2) is 18.2 Å². The van der Waals surface area contributed by atoms with Crippen LogP contribution >= 0.6 is 0 Å². The molecule has 0 bridgehead atoms. The van der Waals surface area contributed by atoms with E-state index in [0.29, 0.717) is 17.2 Å². The van der Waals surface area contributed by atoms with Crippen LogP contribution < -0.4 is 19.1 Å². The maximum atomic E-state index is 11.9. The smallest absolute Gasteiger partial charge is 0.224 e. The lowest BCUT2D eigenvalue weighted by molar-refractivity contribution is -0.116. The monoisotopic (exact) mass is 330 g/mol. The third kappa shape index (κ3) is 4.88. The lowest BCUT2D eigenvalue weighted by Crippen LogP contribution is -2.38. The van der Waals surface area contributed by atoms with E-state index in [2.05, 4.69) is 4.72 Å². The van der Waals surface area contributed by atoms with Crippen LogP contribution in [0, 0.1) is 0 Å². The van der Waals surface area contributed by atoms with E-state index in [1.165, 1.54) is 26.0 Å². The van der Waals surface area contributed by atoms with E-state index in [-0.39, 0.29) is 24.7 Å². The number of carbonyl (C=O) groups excluding carboxylic acids is 1. The molecular formula is C14H22N2O5S. The molecule has 1 N–H and O–H groups in total. The van der Waals surface area contributed by atoms with Gasteiger partial charge in [0.25, 0.3) is 0 Å². The summed E-state index contributed by atoms with van der Waals surface area (Å²) in [5.41, 5.74) is 0.562. The minimum atomic E-state index is -3.29. The van der Waals surface area contributed by atoms with Crippen molar-refractivity contribution >= 4 is 21.6 Å². The molecule has 0 spiro atoms. The summed E-state index contributed by atoms with van der Waals surface area (Å²) in [6.07, 6.45) is 0. The fraction of sp³-hybridized carbons (Fsp3) is 0.500. The van der Waals surface area contributed by atoms with Crippen LogP contribution in [0.4, 0.5) is 5.69 Å². The number of hydrogen-bond donors (Lipinski definition) is 1. The summed E-state index contributed by atoms with van der Waals surface area (Å²) in [5.74, 6) is 0.877. The molecule has 0 aliphatic carbocycles. The maximum absolute atomic E-state index is 11.9. The lowest BCUT2D eigenvalue weighted by Gasteiger charge is -2.23. The van der Waals surface area contributed by atoms with Crippen LogP contribution in [0.2, 0.25) is 0 Å². The van der Waals surface area contributed by atoms with Gasteiger partial charge in [0.05, 0.1) is 25.7 Å². The SMILES string of the molecule is CCS(=O)(=O)NCCN(C(C)=O)c1ccc(OC)cc1OC. The molecular weight excluding hydrogens is 308 g/mol. The van der Waals surface area contributed by atoms with Crippen molar-refractivity contribution in [1.29, 1.82) is 0 Å². The standard InChI is InChI=1S/C14H22N2O5S/c1-5-22(18,19)15-8-9-16(11(2)17)13-7-6-12(20-3)10-14(13)21-4/h6-7,10,15H,5,8-9H2,1-4H3. The average molecular weight is 330 g/mol. The van der Waals surface area contributed by atoms with Gasteiger partial charge in [0.15, 0.2) is 0 Å². The zero-order chi connectivity index (χ0) is 16.8. The van der Waals surface area contributed by atoms with Gasteiger partial charge < -0.3 is 14.4 Å². The molecule has 1 amide bonds. The Hall–Kier alpha value is -1.80. The molecule has 0 aliphatic rings. The van der Waals surface area contributed by atoms with E-state index in [0.717, 1.165) is 0 Å². The number of anilines is 1. The van der Waals surface area contributed by atoms with E-state index >= 15 is 0 Å². The third-order valence-corrected chi connectivity index (χ3v) is 4.50. The molecule has 0 unspecified atom stereocenters. The van der Waals surface area contributed by atoms with Crippen molar-refractivity contribution in [2.45, 2.75) is 13.8 Å². The van der Waals surface area contributed by atoms with E-state index in [9.17, 15) is 13.2 Å². The van der Waals surface area contributed by atoms with Gasteiger partial charge in [0.2, 0.25) is 15.9 Å². The Morgan fingerprint density at radius 3 is 2.45 bits per heavy atom. The van der Waals surface area contributed by atoms with Gasteiger partial charge in [-0.15, -0.1) is 0 Å². The van der Waals surface area contributed by atoms with Gasteiger partial charge >= 0.3 is 0 Å². The number of sulfonamides is 1. The highest BCUT2D eigenvalue weighted by Crippen LogP contribution is 2.32. The van der Waals surface area contributed by atoms with Crippen molar-refractivity contribution in [2.75, 3.05) is 38.0 Å². The first-order chi connectivity index (χ1) is 10.3. The van der Waals surface area contributed by atoms with Gasteiger partial charge in [-0.3, -0.25) is 4.79 Å². The van der Waals surface area contributed by atoms with Crippen LogP contribution in [0.25, 0.3) is 0 Å². The number of rotatable bonds is 8. The normalized spacial score (nSPS) is 11.1. The van der Waals surface area contributed by atoms with E-state index < -0.39 is 10.0 Å². The van der Waals surface area contributed by atoms with Crippen molar-refractivity contribution in [1.82, 2.24) is 4.72 Å². The molecule has 0 atom stereocenters. The van der Waals surface area contributed by atoms with Crippen molar-refractivity contribution in [3.8, 4) is 11.5 Å². The zero-order valence-electron chi connectivity index (χ0n) is 13.3. The number of methoxy groups -OCH3 is 2. The summed E-state index contributed by atoms with van der Waals surface area (Å²) >= 11 is 0. The van der Waals surface area contributed by atoms with Crippen molar-refractivity contribution in [3.05, 3.63) is 18.2 Å². The number of nitrogens with zero attached hydrogens (tertiary/aromatic N) is 1. The number of carbonyl (C=O) groups is 1. The second-order valence-electron chi connectivity index (χ2n) is 4.51. The summed E-state index contributed by atoms with van der Waals surface area (Å²) in [4.78, 5) is 13.3. The molecule has 1 aromatic rings. The van der Waals surface area contributed by atoms with E-state index in [1.54, 1.807) is 25.1 Å². The molecule has 0 radical (unpaired) electrons. The Morgan fingerprint density at radius 1 is 1.27 bits per heavy atom. The first-order valence-electron chi connectivity index (χ1n) is 6.82. The predicted molar refractivity (Wildman–Crippen MR) is 85.0 cm³/mol. The van der Waals surface area contributed by atoms with Crippen LogP contribution in [-0.4, -0.2) is 47.4 Å². The number of benzene rings is 1. The number of hydrogen-bond acceptors (Lipinski definition) is 5. The van der Waals surface area contributed by atoms with Crippen LogP contribution in [0.3, 0.4) is 0 Å². The van der Waals surface area contributed by atoms with Crippen LogP contribution in [0.5, 0.6) is 11.5 Å². The van der Waals surface area contributed by atoms with Gasteiger partial charge in [-0.2, -0.15) is 0 Å². The van der Waals surface area contributed by atoms with Crippen molar-refractivity contribution < 1.29 is 22.7 Å². The molecule has 0 saturated carbocycles. The molecule has 0 saturated heterocycles. The van der Waals surface area contributed by atoms with Crippen LogP contribution in [0.1, 0.15) is 13.8 Å². The highest BCUT2D eigenvalue weighted by atomic mass is 32.2. The molecule has 7 nitrogen and oxygen atoms in total. The molecule has 1 rings (SSSR count). The second-order valence-corrected chi connectivity index (χ2v) is 6.60. The fourth-order valence-corrected chi connectivity index (χ4v) is 2.48. The van der Waals surface area contributed by atoms with Gasteiger partial charge in [0.1, 0.15) is 11.5 Å². The Balaban J connectivity index is 2.94. The van der Waals surface area contributed by atoms with E-state index in [4.69, 9.17) is 9.47 Å². The van der Waals surface area contributed by atoms with Crippen molar-refractivity contribution in [2.24, 2.45) is 0 Å². The number of amides is 1. The molecule has 0 heterocycles. The fourth-order valence-electron chi connectivity index (χ4n) is 1.87. The Bertz CT molecular complexity index is 616. The zero-order valence-corrected chi connectivity index (χ0v) is 14.1. The summed E-state index contributed by atoms with van der Waals surface area (Å²) in [5, 5.41) is 0. The molecule has 0 fully saturated rings. The molecule has 0 aliphatic heterocycles. The first-order valence-corrected chi connectivity index (χ1v) is 8.47. The first kappa shape index (κ1) is 18.2. The molecule has 124 valence electrons. The number of nitrogens with one attached hydrogen (secondary N) is 1. The quantitative estimate of drug-likeness (QED) is 0.768. The van der Waals surface area contributed by atoms with Gasteiger partial charge in [-0.25, -0.2) is 13.1 Å². The number of ether oxygens (including phenoxy) is 2. The summed E-state index contributed by atoms with van der Waals surface area (Å²) in [7, 11) is -0.254. The minimum Gasteiger partial charge on any atom is -0.497 e. The Labute approximate surface area is 131 Å². The Morgan fingerprint density at radius 2 is 1.95 bits per heavy atom. The highest BCUT2D eigenvalue weighted by molar-refractivity contribution is 7.89. The Kier molecular flexibility index (Phi) is 6.63. The minimum absolute atomic E-state index is 0.00106. The summed E-state index contributed by atoms with van der Waals surface area (Å²) in [6.45, 7) is 3.30. The van der Waals surface area contributed by atoms with Crippen LogP contribution in [-0.2, 0) is 14.8 Å². The average Bonchev–Trinajstić information content (AvgIpc) is 2.50. The molecule has 22 heavy (non-hydrogen) atoms. The lowest BCUT2D eigenvalue weighted by atomic mass is 10.2. The largest absolute Gasteiger partial charge is 0.497 e. The van der Waals surface area contributed by atoms with Gasteiger partial charge in [-0.05, 0) is 19.1 Å². The van der Waals surface area contributed by atoms with Gasteiger partial charge in [0, 0.05) is 26.1 Å². The predicted octanol–water partition coefficient (Wildman–Crippen LogP) is 0.996. The summed E-state index contributed by atoms with van der Waals surface area (Å²) in [6, 6.07) is 5.08. The summed E-state index contributed by atoms with van der Waals surface area (Å²) < 4.78 is 35.7. The molecule has 8 heteroatoms. The molecule has 1 aromatic carbocycles.